The van der Waals surface area contributed by atoms with Gasteiger partial charge in [-0.2, -0.15) is 0 Å². The summed E-state index contributed by atoms with van der Waals surface area (Å²) >= 11 is 0. The summed E-state index contributed by atoms with van der Waals surface area (Å²) in [6, 6.07) is 0. The first-order chi connectivity index (χ1) is 7.54. The summed E-state index contributed by atoms with van der Waals surface area (Å²) in [6.45, 7) is 4.40. The van der Waals surface area contributed by atoms with Crippen molar-refractivity contribution in [3.63, 3.8) is 0 Å². The number of nitrogens with one attached hydrogen (secondary N) is 3. The summed E-state index contributed by atoms with van der Waals surface area (Å²) in [5.41, 5.74) is -0.445. The van der Waals surface area contributed by atoms with Crippen LogP contribution in [0.2, 0.25) is 0 Å². The first-order valence-corrected chi connectivity index (χ1v) is 5.72. The molecule has 0 amide bonds. The Bertz CT molecular complexity index is 554. The average molecular weight is 242 g/mol. The van der Waals surface area contributed by atoms with Crippen molar-refractivity contribution in [2.24, 2.45) is 5.92 Å². The van der Waals surface area contributed by atoms with Crippen molar-refractivity contribution >= 4 is 20.4 Å². The van der Waals surface area contributed by atoms with Crippen LogP contribution < -0.4 is 11.2 Å². The second-order valence-corrected chi connectivity index (χ2v) is 4.14. The highest BCUT2D eigenvalue weighted by Crippen LogP contribution is 1.94. The Labute approximate surface area is 94.1 Å². The third-order valence-electron chi connectivity index (χ3n) is 1.80. The number of H-pyrrole nitrogens is 3. The fraction of sp³-hybridized carbons (Fsp3) is 0.444. The fourth-order valence-electron chi connectivity index (χ4n) is 0.867. The molecule has 0 radical (unpaired) electrons. The second kappa shape index (κ2) is 5.61. The number of hydrogen-bond acceptors (Lipinski definition) is 3. The van der Waals surface area contributed by atoms with Gasteiger partial charge in [-0.25, -0.2) is 9.78 Å². The summed E-state index contributed by atoms with van der Waals surface area (Å²) in [6.07, 6.45) is 2.57. The van der Waals surface area contributed by atoms with Crippen molar-refractivity contribution in [2.75, 3.05) is 6.16 Å². The van der Waals surface area contributed by atoms with E-state index >= 15 is 0 Å². The lowest BCUT2D eigenvalue weighted by atomic mass is 10.3. The molecule has 88 valence electrons. The van der Waals surface area contributed by atoms with E-state index in [0.717, 1.165) is 5.92 Å². The van der Waals surface area contributed by atoms with E-state index in [9.17, 15) is 9.59 Å². The molecule has 1 unspecified atom stereocenters. The van der Waals surface area contributed by atoms with Crippen LogP contribution in [0.1, 0.15) is 13.8 Å². The SMILES string of the molecule is CC(C)CP.O=c1[nH]c(=O)c2[nH]cnc2[nH]1. The van der Waals surface area contributed by atoms with Crippen molar-refractivity contribution < 1.29 is 0 Å². The van der Waals surface area contributed by atoms with Crippen LogP contribution in [-0.2, 0) is 0 Å². The van der Waals surface area contributed by atoms with Crippen molar-refractivity contribution in [2.45, 2.75) is 13.8 Å². The van der Waals surface area contributed by atoms with Gasteiger partial charge in [-0.15, -0.1) is 9.24 Å². The molecule has 0 spiro atoms. The smallest absolute Gasteiger partial charge is 0.327 e. The monoisotopic (exact) mass is 242 g/mol. The molecular formula is C9H15N4O2P. The van der Waals surface area contributed by atoms with Crippen LogP contribution in [0.3, 0.4) is 0 Å². The standard InChI is InChI=1S/C5H4N4O2.C4H11P/c10-4-2-3(7-1-6-2)8-5(11)9-4;1-4(2)3-5/h1H,(H3,6,7,8,9,10,11);4H,3,5H2,1-2H3. The number of imidazole rings is 1. The Morgan fingerprint density at radius 1 is 1.38 bits per heavy atom. The molecule has 0 aliphatic heterocycles. The highest BCUT2D eigenvalue weighted by Gasteiger charge is 1.99. The van der Waals surface area contributed by atoms with Gasteiger partial charge in [0.2, 0.25) is 0 Å². The normalized spacial score (nSPS) is 10.2. The van der Waals surface area contributed by atoms with Crippen molar-refractivity contribution in [3.05, 3.63) is 27.2 Å². The minimum absolute atomic E-state index is 0.277. The van der Waals surface area contributed by atoms with Gasteiger partial charge in [0.25, 0.3) is 5.56 Å². The molecule has 0 aliphatic carbocycles. The number of rotatable bonds is 1. The second-order valence-electron chi connectivity index (χ2n) is 3.66. The molecule has 0 aliphatic rings. The zero-order valence-electron chi connectivity index (χ0n) is 9.20. The maximum atomic E-state index is 10.9. The molecule has 1 atom stereocenters. The average Bonchev–Trinajstić information content (AvgIpc) is 2.66. The molecule has 7 heteroatoms. The molecule has 2 aromatic heterocycles. The minimum Gasteiger partial charge on any atom is -0.339 e. The molecule has 6 nitrogen and oxygen atoms in total. The number of fused-ring (bicyclic) bond motifs is 1. The van der Waals surface area contributed by atoms with Crippen LogP contribution in [0.15, 0.2) is 15.9 Å². The Balaban J connectivity index is 0.000000221. The van der Waals surface area contributed by atoms with Crippen LogP contribution in [0, 0.1) is 5.92 Å². The van der Waals surface area contributed by atoms with Gasteiger partial charge in [0.05, 0.1) is 6.33 Å². The summed E-state index contributed by atoms with van der Waals surface area (Å²) in [7, 11) is 2.69. The molecule has 0 fully saturated rings. The van der Waals surface area contributed by atoms with E-state index < -0.39 is 11.2 Å². The first kappa shape index (κ1) is 12.6. The number of hydrogen-bond donors (Lipinski definition) is 3. The molecular weight excluding hydrogens is 227 g/mol. The van der Waals surface area contributed by atoms with Gasteiger partial charge in [-0.1, -0.05) is 13.8 Å². The lowest BCUT2D eigenvalue weighted by Gasteiger charge is -1.90. The van der Waals surface area contributed by atoms with Gasteiger partial charge in [-0.05, 0) is 12.1 Å². The van der Waals surface area contributed by atoms with Gasteiger partial charge >= 0.3 is 5.69 Å². The van der Waals surface area contributed by atoms with E-state index in [1.807, 2.05) is 0 Å². The summed E-state index contributed by atoms with van der Waals surface area (Å²) < 4.78 is 0. The van der Waals surface area contributed by atoms with Crippen LogP contribution >= 0.6 is 9.24 Å². The van der Waals surface area contributed by atoms with E-state index in [1.54, 1.807) is 0 Å². The van der Waals surface area contributed by atoms with Crippen LogP contribution in [-0.4, -0.2) is 26.1 Å². The minimum atomic E-state index is -0.547. The summed E-state index contributed by atoms with van der Waals surface area (Å²) in [5, 5.41) is 0. The molecule has 3 N–H and O–H groups in total. The molecule has 0 bridgehead atoms. The number of aromatic amines is 3. The quantitative estimate of drug-likeness (QED) is 0.634. The zero-order valence-corrected chi connectivity index (χ0v) is 10.4. The highest BCUT2D eigenvalue weighted by atomic mass is 31.0. The van der Waals surface area contributed by atoms with Crippen LogP contribution in [0.4, 0.5) is 0 Å². The molecule has 2 aromatic rings. The van der Waals surface area contributed by atoms with E-state index in [1.165, 1.54) is 12.5 Å². The molecule has 0 aromatic carbocycles. The Hall–Kier alpha value is -1.42. The van der Waals surface area contributed by atoms with E-state index in [0.29, 0.717) is 0 Å². The third kappa shape index (κ3) is 3.31. The van der Waals surface area contributed by atoms with Crippen molar-refractivity contribution in [1.82, 2.24) is 19.9 Å². The molecule has 16 heavy (non-hydrogen) atoms. The van der Waals surface area contributed by atoms with E-state index in [2.05, 4.69) is 43.0 Å². The number of aromatic nitrogens is 4. The van der Waals surface area contributed by atoms with Gasteiger partial charge < -0.3 is 4.98 Å². The number of nitrogens with zero attached hydrogens (tertiary/aromatic N) is 1. The Kier molecular flexibility index (Phi) is 4.43. The molecule has 2 rings (SSSR count). The van der Waals surface area contributed by atoms with Crippen molar-refractivity contribution in [3.8, 4) is 0 Å². The van der Waals surface area contributed by atoms with E-state index in [4.69, 9.17) is 0 Å². The topological polar surface area (TPSA) is 94.4 Å². The Morgan fingerprint density at radius 3 is 2.56 bits per heavy atom. The van der Waals surface area contributed by atoms with Gasteiger partial charge in [0.15, 0.2) is 5.65 Å². The maximum Gasteiger partial charge on any atom is 0.327 e. The van der Waals surface area contributed by atoms with E-state index in [-0.39, 0.29) is 11.2 Å². The maximum absolute atomic E-state index is 10.9. The van der Waals surface area contributed by atoms with Gasteiger partial charge in [-0.3, -0.25) is 14.8 Å². The highest BCUT2D eigenvalue weighted by molar-refractivity contribution is 7.16. The van der Waals surface area contributed by atoms with Crippen LogP contribution in [0.25, 0.3) is 11.2 Å². The molecule has 0 saturated carbocycles. The van der Waals surface area contributed by atoms with Gasteiger partial charge in [0.1, 0.15) is 5.52 Å². The first-order valence-electron chi connectivity index (χ1n) is 4.90. The molecule has 2 heterocycles. The summed E-state index contributed by atoms with van der Waals surface area (Å²) in [4.78, 5) is 32.3. The molecule has 0 saturated heterocycles. The largest absolute Gasteiger partial charge is 0.339 e. The fourth-order valence-corrected chi connectivity index (χ4v) is 0.867. The van der Waals surface area contributed by atoms with Gasteiger partial charge in [0, 0.05) is 0 Å². The zero-order chi connectivity index (χ0) is 12.1. The van der Waals surface area contributed by atoms with Crippen molar-refractivity contribution in [1.29, 1.82) is 0 Å². The van der Waals surface area contributed by atoms with Crippen LogP contribution in [0.5, 0.6) is 0 Å². The predicted molar refractivity (Wildman–Crippen MR) is 66.8 cm³/mol. The lowest BCUT2D eigenvalue weighted by molar-refractivity contribution is 0.750. The Morgan fingerprint density at radius 2 is 2.00 bits per heavy atom. The predicted octanol–water partition coefficient (Wildman–Crippen LogP) is 0.457. The lowest BCUT2D eigenvalue weighted by Crippen LogP contribution is -2.21. The third-order valence-corrected chi connectivity index (χ3v) is 2.74. The summed E-state index contributed by atoms with van der Waals surface area (Å²) in [5.74, 6) is 0.847.